The number of fused-ring (bicyclic) bond motifs is 11. The Labute approximate surface area is 505 Å². The van der Waals surface area contributed by atoms with Crippen molar-refractivity contribution in [3.05, 3.63) is 6.07 Å². The van der Waals surface area contributed by atoms with Gasteiger partial charge in [-0.05, 0) is 56.1 Å². The first kappa shape index (κ1) is 58.5. The standard InChI is InChI=1S/C48HB30NO/c49-2-1-3(16(50)17(51)4(2)13-25(59)34(68)38(72)35(69)26(13)60)79(46-15-14-27(61)36(70)39(73)43(77)47(14)80-48(15)44(78)40(74)42(46)76)45-12-10-8(21(55)32(66)33(67)23(10)57)6-5(18(52)28(62)29(63)19(6)53)7-9(11(12)24(58)37(71)41(45)75)22(56)31(65)30(64)20(7)54/h1H. The van der Waals surface area contributed by atoms with Gasteiger partial charge in [0.2, 0.25) is 0 Å². The molecule has 0 amide bonds. The second kappa shape index (κ2) is 20.0. The molecule has 0 bridgehead atoms. The van der Waals surface area contributed by atoms with E-state index in [1.807, 2.05) is 0 Å². The van der Waals surface area contributed by atoms with E-state index in [4.69, 9.17) is 240 Å². The molecule has 1 aromatic heterocycles. The van der Waals surface area contributed by atoms with Gasteiger partial charge in [-0.2, -0.15) is 0 Å². The van der Waals surface area contributed by atoms with E-state index in [1.54, 1.807) is 0 Å². The van der Waals surface area contributed by atoms with Gasteiger partial charge in [0, 0.05) is 22.3 Å². The van der Waals surface area contributed by atoms with E-state index in [2.05, 4.69) is 0 Å². The predicted molar refractivity (Wildman–Crippen MR) is 371 cm³/mol. The number of furan rings is 1. The molecule has 60 radical (unpaired) electrons. The highest BCUT2D eigenvalue weighted by Crippen LogP contribution is 2.49. The second-order valence-electron chi connectivity index (χ2n) is 19.3. The molecule has 0 saturated carbocycles. The minimum Gasteiger partial charge on any atom is -0.457 e. The van der Waals surface area contributed by atoms with Crippen molar-refractivity contribution in [2.45, 2.75) is 0 Å². The third-order valence-corrected chi connectivity index (χ3v) is 15.2. The van der Waals surface area contributed by atoms with Crippen LogP contribution >= 0.6 is 0 Å². The quantitative estimate of drug-likeness (QED) is 0.164. The van der Waals surface area contributed by atoms with Crippen molar-refractivity contribution in [2.75, 3.05) is 4.90 Å². The monoisotopic (exact) mass is 937 g/mol. The number of rotatable bonds is 4. The summed E-state index contributed by atoms with van der Waals surface area (Å²) in [4.78, 5) is 1.31. The van der Waals surface area contributed by atoms with Crippen molar-refractivity contribution in [3.8, 4) is 55.6 Å². The highest BCUT2D eigenvalue weighted by Gasteiger charge is 2.38. The second-order valence-corrected chi connectivity index (χ2v) is 19.3. The Morgan fingerprint density at radius 2 is 0.450 bits per heavy atom. The maximum atomic E-state index is 7.47. The summed E-state index contributed by atoms with van der Waals surface area (Å²) < 4.78 is 6.45. The summed E-state index contributed by atoms with van der Waals surface area (Å²) >= 11 is 0. The van der Waals surface area contributed by atoms with E-state index in [0.29, 0.717) is 0 Å². The maximum Gasteiger partial charge on any atom is 0.129 e. The molecule has 80 heavy (non-hydrogen) atoms. The molecule has 0 saturated heterocycles. The molecule has 0 fully saturated rings. The van der Waals surface area contributed by atoms with E-state index >= 15 is 0 Å². The lowest BCUT2D eigenvalue weighted by molar-refractivity contribution is 0.675. The lowest BCUT2D eigenvalue weighted by atomic mass is 9.53. The molecule has 8 aromatic carbocycles. The van der Waals surface area contributed by atoms with Gasteiger partial charge in [0.05, 0.1) is 11.1 Å². The van der Waals surface area contributed by atoms with Crippen molar-refractivity contribution < 1.29 is 4.42 Å². The molecular weight excluding hydrogens is 931 g/mol. The lowest BCUT2D eigenvalue weighted by Crippen LogP contribution is -2.56. The number of nitrogens with zero attached hydrogens (tertiary/aromatic N) is 1. The van der Waals surface area contributed by atoms with Crippen LogP contribution in [-0.4, -0.2) is 235 Å². The minimum atomic E-state index is -0.401. The topological polar surface area (TPSA) is 16.4 Å². The molecule has 32 heteroatoms. The van der Waals surface area contributed by atoms with Gasteiger partial charge in [-0.1, -0.05) is 92.9 Å². The number of hydrogen-bond acceptors (Lipinski definition) is 2. The van der Waals surface area contributed by atoms with Crippen molar-refractivity contribution in [3.63, 3.8) is 0 Å². The first-order valence-corrected chi connectivity index (χ1v) is 23.3. The van der Waals surface area contributed by atoms with E-state index < -0.39 is 5.46 Å². The van der Waals surface area contributed by atoms with Crippen LogP contribution in [0.4, 0.5) is 17.1 Å². The van der Waals surface area contributed by atoms with Crippen LogP contribution in [-0.2, 0) is 0 Å². The smallest absolute Gasteiger partial charge is 0.129 e. The molecule has 0 atom stereocenters. The Kier molecular flexibility index (Phi) is 14.6. The summed E-state index contributed by atoms with van der Waals surface area (Å²) in [6.07, 6.45) is 0. The fraction of sp³-hybridized carbons (Fsp3) is 0. The van der Waals surface area contributed by atoms with Gasteiger partial charge in [-0.15, -0.1) is 71.0 Å². The molecule has 0 aliphatic heterocycles. The Balaban J connectivity index is 1.58. The van der Waals surface area contributed by atoms with Gasteiger partial charge >= 0.3 is 0 Å². The molecule has 9 aromatic rings. The van der Waals surface area contributed by atoms with E-state index in [9.17, 15) is 0 Å². The maximum absolute atomic E-state index is 7.47. The highest BCUT2D eigenvalue weighted by molar-refractivity contribution is 6.75. The van der Waals surface area contributed by atoms with Crippen LogP contribution in [0.15, 0.2) is 10.5 Å². The van der Waals surface area contributed by atoms with Crippen molar-refractivity contribution in [2.24, 2.45) is 0 Å². The van der Waals surface area contributed by atoms with Crippen LogP contribution in [0.1, 0.15) is 0 Å². The zero-order chi connectivity index (χ0) is 59.1. The molecule has 294 valence electrons. The molecule has 0 N–H and O–H groups in total. The van der Waals surface area contributed by atoms with E-state index in [-0.39, 0.29) is 253 Å². The minimum absolute atomic E-state index is 0.0194. The number of hydrogen-bond donors (Lipinski definition) is 0. The summed E-state index contributed by atoms with van der Waals surface area (Å²) in [6, 6.07) is 1.32. The summed E-state index contributed by atoms with van der Waals surface area (Å²) in [5, 5.41) is -0.0898. The average Bonchev–Trinajstić information content (AvgIpc) is 3.84. The molecule has 0 unspecified atom stereocenters. The first-order chi connectivity index (χ1) is 37.3. The largest absolute Gasteiger partial charge is 0.457 e. The van der Waals surface area contributed by atoms with Gasteiger partial charge < -0.3 is 9.32 Å². The molecule has 1 heterocycles. The summed E-state index contributed by atoms with van der Waals surface area (Å²) in [5.74, 6) is 0. The van der Waals surface area contributed by atoms with Crippen molar-refractivity contribution >= 4 is 438 Å². The van der Waals surface area contributed by atoms with Crippen LogP contribution < -0.4 is 169 Å². The molecule has 1 aliphatic rings. The van der Waals surface area contributed by atoms with Gasteiger partial charge in [-0.25, -0.2) is 0 Å². The predicted octanol–water partition coefficient (Wildman–Crippen LogP) is -22.5. The van der Waals surface area contributed by atoms with Gasteiger partial charge in [0.1, 0.15) is 247 Å². The Hall–Kier alpha value is -4.69. The molecule has 2 nitrogen and oxygen atoms in total. The Bertz CT molecular complexity index is 4390. The van der Waals surface area contributed by atoms with Crippen LogP contribution in [0, 0.1) is 0 Å². The summed E-state index contributed by atoms with van der Waals surface area (Å²) in [6.45, 7) is 0. The number of anilines is 3. The van der Waals surface area contributed by atoms with Gasteiger partial charge in [0.15, 0.2) is 0 Å². The summed E-state index contributed by atoms with van der Waals surface area (Å²) in [7, 11) is 206. The van der Waals surface area contributed by atoms with E-state index in [1.165, 1.54) is 11.0 Å². The van der Waals surface area contributed by atoms with Crippen LogP contribution in [0.2, 0.25) is 0 Å². The van der Waals surface area contributed by atoms with Crippen molar-refractivity contribution in [1.82, 2.24) is 0 Å². The molecule has 1 aliphatic carbocycles. The fourth-order valence-corrected chi connectivity index (χ4v) is 10.8. The lowest BCUT2D eigenvalue weighted by Gasteiger charge is -2.41. The van der Waals surface area contributed by atoms with Crippen LogP contribution in [0.3, 0.4) is 0 Å². The fourth-order valence-electron chi connectivity index (χ4n) is 10.8. The third kappa shape index (κ3) is 7.69. The van der Waals surface area contributed by atoms with Crippen molar-refractivity contribution in [1.29, 1.82) is 0 Å². The van der Waals surface area contributed by atoms with Gasteiger partial charge in [-0.3, -0.25) is 0 Å². The van der Waals surface area contributed by atoms with Crippen LogP contribution in [0.5, 0.6) is 0 Å². The highest BCUT2D eigenvalue weighted by atomic mass is 16.3. The number of benzene rings is 8. The SMILES string of the molecule is [B]c1cc(N(c2c([B])c([B])c([B])c3c2-c2c([B])c([B])c([B])c([B])c2-c2c([B])c([B])c([B])c([B])c2-c2c([B])c([B])c([B])c([B])c2-3)c2c([B])c([B])c([B])c3oc4c([B])c([B])c([B])c([B])c4c23)c([B])c([B])c1-c1c([B])c([B])c([B])c([B])c1[B]. The molecule has 10 rings (SSSR count). The normalized spacial score (nSPS) is 11.8. The Morgan fingerprint density at radius 1 is 0.200 bits per heavy atom. The first-order valence-electron chi connectivity index (χ1n) is 23.3. The average molecular weight is 932 g/mol. The zero-order valence-electron chi connectivity index (χ0n) is 42.3. The third-order valence-electron chi connectivity index (χ3n) is 15.2. The van der Waals surface area contributed by atoms with E-state index in [0.717, 1.165) is 0 Å². The zero-order valence-corrected chi connectivity index (χ0v) is 42.3. The molecular formula is C48HB30NO. The van der Waals surface area contributed by atoms with Crippen LogP contribution in [0.25, 0.3) is 77.6 Å². The Morgan fingerprint density at radius 3 is 0.838 bits per heavy atom. The van der Waals surface area contributed by atoms with Gasteiger partial charge in [0.25, 0.3) is 0 Å². The summed E-state index contributed by atoms with van der Waals surface area (Å²) in [5.41, 5.74) is -9.46. The molecule has 0 spiro atoms.